The van der Waals surface area contributed by atoms with Crippen LogP contribution in [0.5, 0.6) is 0 Å². The molecule has 0 N–H and O–H groups in total. The van der Waals surface area contributed by atoms with E-state index in [0.717, 1.165) is 20.5 Å². The molecule has 0 aliphatic rings. The van der Waals surface area contributed by atoms with Crippen molar-refractivity contribution in [3.8, 4) is 0 Å². The Labute approximate surface area is 130 Å². The van der Waals surface area contributed by atoms with Crippen LogP contribution in [0.4, 0.5) is 0 Å². The Balaban J connectivity index is 1.80. The van der Waals surface area contributed by atoms with Gasteiger partial charge < -0.3 is 0 Å². The lowest BCUT2D eigenvalue weighted by Crippen LogP contribution is -2.02. The number of hydrogen-bond acceptors (Lipinski definition) is 3. The van der Waals surface area contributed by atoms with Gasteiger partial charge in [0.1, 0.15) is 0 Å². The summed E-state index contributed by atoms with van der Waals surface area (Å²) >= 11 is 9.20. The van der Waals surface area contributed by atoms with Crippen LogP contribution in [-0.4, -0.2) is 11.5 Å². The molecule has 1 aromatic heterocycles. The summed E-state index contributed by atoms with van der Waals surface area (Å²) in [6.07, 6.45) is 0. The van der Waals surface area contributed by atoms with Gasteiger partial charge in [-0.25, -0.2) is 0 Å². The number of Topliss-reactive ketones (excluding diaryl/α,β-unsaturated/α-hetero) is 1. The van der Waals surface area contributed by atoms with Crippen LogP contribution >= 0.6 is 34.7 Å². The molecule has 0 aliphatic heterocycles. The molecule has 0 atom stereocenters. The highest BCUT2D eigenvalue weighted by atomic mass is 35.5. The molecule has 1 heterocycles. The highest BCUT2D eigenvalue weighted by Gasteiger charge is 2.12. The molecule has 0 amide bonds. The van der Waals surface area contributed by atoms with Crippen molar-refractivity contribution in [2.24, 2.45) is 0 Å². The van der Waals surface area contributed by atoms with Crippen LogP contribution in [0.2, 0.25) is 5.02 Å². The minimum Gasteiger partial charge on any atom is -0.293 e. The lowest BCUT2D eigenvalue weighted by molar-refractivity contribution is 0.102. The van der Waals surface area contributed by atoms with E-state index in [1.165, 1.54) is 11.8 Å². The van der Waals surface area contributed by atoms with E-state index in [1.54, 1.807) is 11.3 Å². The molecule has 1 nitrogen and oxygen atoms in total. The fourth-order valence-electron chi connectivity index (χ4n) is 2.00. The molecule has 3 rings (SSSR count). The predicted molar refractivity (Wildman–Crippen MR) is 88.3 cm³/mol. The third-order valence-electron chi connectivity index (χ3n) is 2.97. The number of fused-ring (bicyclic) bond motifs is 1. The van der Waals surface area contributed by atoms with Gasteiger partial charge in [0.05, 0.1) is 10.8 Å². The first-order valence-corrected chi connectivity index (χ1v) is 8.37. The Bertz CT molecular complexity index is 764. The number of thioether (sulfide) groups is 1. The number of thiophene rings is 1. The summed E-state index contributed by atoms with van der Waals surface area (Å²) in [4.78, 5) is 13.3. The van der Waals surface area contributed by atoms with Crippen LogP contribution < -0.4 is 0 Å². The molecule has 20 heavy (non-hydrogen) atoms. The minimum atomic E-state index is 0.142. The fraction of sp³-hybridized carbons (Fsp3) is 0.0625. The molecule has 0 unspecified atom stereocenters. The van der Waals surface area contributed by atoms with Crippen LogP contribution in [0.3, 0.4) is 0 Å². The maximum atomic E-state index is 12.4. The maximum absolute atomic E-state index is 12.4. The summed E-state index contributed by atoms with van der Waals surface area (Å²) in [6, 6.07) is 15.5. The Morgan fingerprint density at radius 1 is 1.10 bits per heavy atom. The van der Waals surface area contributed by atoms with E-state index in [1.807, 2.05) is 53.9 Å². The second-order valence-corrected chi connectivity index (χ2v) is 6.63. The Hall–Kier alpha value is -1.29. The number of benzene rings is 2. The highest BCUT2D eigenvalue weighted by molar-refractivity contribution is 8.00. The quantitative estimate of drug-likeness (QED) is 0.465. The maximum Gasteiger partial charge on any atom is 0.174 e. The molecule has 0 spiro atoms. The molecule has 0 fully saturated rings. The summed E-state index contributed by atoms with van der Waals surface area (Å²) < 4.78 is 1.07. The third-order valence-corrected chi connectivity index (χ3v) is 5.45. The van der Waals surface area contributed by atoms with Crippen LogP contribution in [-0.2, 0) is 0 Å². The number of halogens is 1. The van der Waals surface area contributed by atoms with Gasteiger partial charge in [0.2, 0.25) is 0 Å². The first-order valence-electron chi connectivity index (χ1n) is 6.12. The van der Waals surface area contributed by atoms with Crippen LogP contribution in [0.25, 0.3) is 10.1 Å². The molecule has 0 saturated carbocycles. The third kappa shape index (κ3) is 2.75. The molecule has 0 bridgehead atoms. The predicted octanol–water partition coefficient (Wildman–Crippen LogP) is 5.53. The van der Waals surface area contributed by atoms with Gasteiger partial charge in [0.25, 0.3) is 0 Å². The highest BCUT2D eigenvalue weighted by Crippen LogP contribution is 2.29. The van der Waals surface area contributed by atoms with Gasteiger partial charge in [-0.3, -0.25) is 4.79 Å². The Morgan fingerprint density at radius 3 is 2.80 bits per heavy atom. The standard InChI is InChI=1S/C16H11ClOS2/c17-13-6-1-2-7-15(13)20-10-14(18)12-5-3-4-11-8-9-19-16(11)12/h1-9H,10H2. The fourth-order valence-corrected chi connectivity index (χ4v) is 4.05. The Kier molecular flexibility index (Phi) is 4.10. The monoisotopic (exact) mass is 318 g/mol. The van der Waals surface area contributed by atoms with Gasteiger partial charge in [-0.05, 0) is 35.0 Å². The molecule has 0 saturated heterocycles. The van der Waals surface area contributed by atoms with E-state index in [-0.39, 0.29) is 5.78 Å². The summed E-state index contributed by atoms with van der Waals surface area (Å²) in [7, 11) is 0. The smallest absolute Gasteiger partial charge is 0.174 e. The minimum absolute atomic E-state index is 0.142. The zero-order valence-corrected chi connectivity index (χ0v) is 12.9. The lowest BCUT2D eigenvalue weighted by atomic mass is 10.1. The van der Waals surface area contributed by atoms with Crippen molar-refractivity contribution < 1.29 is 4.79 Å². The SMILES string of the molecule is O=C(CSc1ccccc1Cl)c1cccc2ccsc12. The summed E-state index contributed by atoms with van der Waals surface area (Å²) in [5.74, 6) is 0.545. The summed E-state index contributed by atoms with van der Waals surface area (Å²) in [5, 5.41) is 3.84. The Morgan fingerprint density at radius 2 is 1.95 bits per heavy atom. The number of hydrogen-bond donors (Lipinski definition) is 0. The number of carbonyl (C=O) groups excluding carboxylic acids is 1. The first-order chi connectivity index (χ1) is 9.75. The van der Waals surface area contributed by atoms with Gasteiger partial charge in [0, 0.05) is 15.2 Å². The lowest BCUT2D eigenvalue weighted by Gasteiger charge is -2.04. The average molecular weight is 319 g/mol. The van der Waals surface area contributed by atoms with Crippen LogP contribution in [0.1, 0.15) is 10.4 Å². The first kappa shape index (κ1) is 13.7. The van der Waals surface area contributed by atoms with Crippen LogP contribution in [0, 0.1) is 0 Å². The molecule has 4 heteroatoms. The molecule has 100 valence electrons. The van der Waals surface area contributed by atoms with Crippen molar-refractivity contribution in [2.75, 3.05) is 5.75 Å². The summed E-state index contributed by atoms with van der Waals surface area (Å²) in [6.45, 7) is 0. The topological polar surface area (TPSA) is 17.1 Å². The zero-order chi connectivity index (χ0) is 13.9. The van der Waals surface area contributed by atoms with E-state index < -0.39 is 0 Å². The van der Waals surface area contributed by atoms with Crippen LogP contribution in [0.15, 0.2) is 58.8 Å². The van der Waals surface area contributed by atoms with Crippen molar-refractivity contribution in [3.05, 3.63) is 64.5 Å². The van der Waals surface area contributed by atoms with E-state index in [2.05, 4.69) is 0 Å². The number of carbonyl (C=O) groups is 1. The van der Waals surface area contributed by atoms with E-state index in [9.17, 15) is 4.79 Å². The molecule has 3 aromatic rings. The average Bonchev–Trinajstić information content (AvgIpc) is 2.94. The van der Waals surface area contributed by atoms with E-state index >= 15 is 0 Å². The number of rotatable bonds is 4. The van der Waals surface area contributed by atoms with Gasteiger partial charge in [0.15, 0.2) is 5.78 Å². The van der Waals surface area contributed by atoms with Crippen molar-refractivity contribution in [3.63, 3.8) is 0 Å². The van der Waals surface area contributed by atoms with E-state index in [4.69, 9.17) is 11.6 Å². The second kappa shape index (κ2) is 6.00. The molecular formula is C16H11ClOS2. The molecular weight excluding hydrogens is 308 g/mol. The molecule has 0 aliphatic carbocycles. The zero-order valence-electron chi connectivity index (χ0n) is 10.5. The van der Waals surface area contributed by atoms with Crippen molar-refractivity contribution >= 4 is 50.6 Å². The van der Waals surface area contributed by atoms with Gasteiger partial charge >= 0.3 is 0 Å². The van der Waals surface area contributed by atoms with E-state index in [0.29, 0.717) is 10.8 Å². The van der Waals surface area contributed by atoms with Crippen molar-refractivity contribution in [1.82, 2.24) is 0 Å². The van der Waals surface area contributed by atoms with Gasteiger partial charge in [-0.2, -0.15) is 0 Å². The second-order valence-electron chi connectivity index (χ2n) is 4.29. The van der Waals surface area contributed by atoms with Gasteiger partial charge in [-0.15, -0.1) is 23.1 Å². The molecule has 2 aromatic carbocycles. The number of ketones is 1. The van der Waals surface area contributed by atoms with Gasteiger partial charge in [-0.1, -0.05) is 35.9 Å². The molecule has 0 radical (unpaired) electrons. The van der Waals surface area contributed by atoms with Crippen molar-refractivity contribution in [1.29, 1.82) is 0 Å². The van der Waals surface area contributed by atoms with Crippen molar-refractivity contribution in [2.45, 2.75) is 4.90 Å². The normalized spacial score (nSPS) is 10.8. The largest absolute Gasteiger partial charge is 0.293 e. The summed E-state index contributed by atoms with van der Waals surface area (Å²) in [5.41, 5.74) is 0.803.